The Morgan fingerprint density at radius 1 is 1.14 bits per heavy atom. The van der Waals surface area contributed by atoms with Gasteiger partial charge < -0.3 is 0 Å². The van der Waals surface area contributed by atoms with Crippen LogP contribution in [-0.4, -0.2) is 23.0 Å². The van der Waals surface area contributed by atoms with Crippen molar-refractivity contribution >= 4 is 21.6 Å². The molecule has 108 valence electrons. The van der Waals surface area contributed by atoms with Crippen molar-refractivity contribution in [2.45, 2.75) is 11.8 Å². The van der Waals surface area contributed by atoms with E-state index in [2.05, 4.69) is 14.9 Å². The summed E-state index contributed by atoms with van der Waals surface area (Å²) in [7, 11) is -3.94. The molecule has 2 aromatic heterocycles. The van der Waals surface area contributed by atoms with Crippen molar-refractivity contribution in [2.75, 3.05) is 4.72 Å². The molecule has 0 aliphatic rings. The van der Waals surface area contributed by atoms with Gasteiger partial charge in [-0.2, -0.15) is 0 Å². The highest BCUT2D eigenvalue weighted by Gasteiger charge is 2.21. The zero-order valence-corrected chi connectivity index (χ0v) is 11.8. The van der Waals surface area contributed by atoms with E-state index in [1.807, 2.05) is 0 Å². The van der Waals surface area contributed by atoms with Gasteiger partial charge in [0.1, 0.15) is 5.82 Å². The first-order valence-corrected chi connectivity index (χ1v) is 7.55. The van der Waals surface area contributed by atoms with Gasteiger partial charge in [-0.05, 0) is 31.2 Å². The third-order valence-electron chi connectivity index (χ3n) is 3.05. The van der Waals surface area contributed by atoms with Gasteiger partial charge in [0.15, 0.2) is 5.65 Å². The topological polar surface area (TPSA) is 76.4 Å². The number of nitrogens with one attached hydrogen (secondary N) is 1. The lowest BCUT2D eigenvalue weighted by atomic mass is 10.2. The quantitative estimate of drug-likeness (QED) is 0.802. The van der Waals surface area contributed by atoms with Crippen LogP contribution in [0.15, 0.2) is 47.5 Å². The molecule has 0 atom stereocenters. The van der Waals surface area contributed by atoms with Crippen molar-refractivity contribution < 1.29 is 12.8 Å². The minimum absolute atomic E-state index is 0.0502. The first kappa shape index (κ1) is 13.5. The molecule has 21 heavy (non-hydrogen) atoms. The molecular weight excluding hydrogens is 295 g/mol. The van der Waals surface area contributed by atoms with E-state index in [-0.39, 0.29) is 16.4 Å². The van der Waals surface area contributed by atoms with E-state index in [9.17, 15) is 12.8 Å². The maximum atomic E-state index is 13.5. The molecule has 0 bridgehead atoms. The fourth-order valence-electron chi connectivity index (χ4n) is 1.96. The van der Waals surface area contributed by atoms with E-state index in [0.29, 0.717) is 5.65 Å². The summed E-state index contributed by atoms with van der Waals surface area (Å²) in [6.07, 6.45) is 1.63. The number of sulfonamides is 1. The molecule has 6 nitrogen and oxygen atoms in total. The van der Waals surface area contributed by atoms with Gasteiger partial charge in [-0.3, -0.25) is 4.40 Å². The molecule has 1 N–H and O–H groups in total. The number of hydrogen-bond donors (Lipinski definition) is 1. The summed E-state index contributed by atoms with van der Waals surface area (Å²) in [5.74, 6) is -0.529. The van der Waals surface area contributed by atoms with Crippen molar-refractivity contribution in [1.82, 2.24) is 14.6 Å². The van der Waals surface area contributed by atoms with E-state index in [1.165, 1.54) is 29.5 Å². The van der Waals surface area contributed by atoms with E-state index in [0.717, 1.165) is 0 Å². The summed E-state index contributed by atoms with van der Waals surface area (Å²) in [4.78, 5) is -0.129. The Bertz CT molecular complexity index is 921. The Morgan fingerprint density at radius 2 is 1.95 bits per heavy atom. The van der Waals surface area contributed by atoms with Gasteiger partial charge >= 0.3 is 0 Å². The first-order valence-electron chi connectivity index (χ1n) is 6.07. The van der Waals surface area contributed by atoms with Gasteiger partial charge in [0.25, 0.3) is 10.0 Å². The van der Waals surface area contributed by atoms with E-state index >= 15 is 0 Å². The Balaban J connectivity index is 2.06. The van der Waals surface area contributed by atoms with Crippen molar-refractivity contribution in [3.05, 3.63) is 54.0 Å². The van der Waals surface area contributed by atoms with Crippen molar-refractivity contribution in [2.24, 2.45) is 0 Å². The van der Waals surface area contributed by atoms with E-state index in [1.54, 1.807) is 24.4 Å². The monoisotopic (exact) mass is 306 g/mol. The standard InChI is InChI=1S/C13H11FN4O2S/c1-9-10(14)5-4-6-11(9)21(19,20)17-13-16-15-12-7-2-3-8-18(12)13/h2-8H,1H3,(H,16,17). The predicted molar refractivity (Wildman–Crippen MR) is 74.9 cm³/mol. The Labute approximate surface area is 120 Å². The summed E-state index contributed by atoms with van der Waals surface area (Å²) in [5, 5.41) is 7.64. The largest absolute Gasteiger partial charge is 0.268 e. The van der Waals surface area contributed by atoms with Crippen LogP contribution in [0.3, 0.4) is 0 Å². The van der Waals surface area contributed by atoms with Crippen molar-refractivity contribution in [3.8, 4) is 0 Å². The van der Waals surface area contributed by atoms with Gasteiger partial charge in [0.05, 0.1) is 4.90 Å². The molecule has 2 heterocycles. The van der Waals surface area contributed by atoms with E-state index < -0.39 is 15.8 Å². The molecule has 3 rings (SSSR count). The number of rotatable bonds is 3. The van der Waals surface area contributed by atoms with Crippen LogP contribution in [0.1, 0.15) is 5.56 Å². The Hall–Kier alpha value is -2.48. The highest BCUT2D eigenvalue weighted by atomic mass is 32.2. The second-order valence-electron chi connectivity index (χ2n) is 4.42. The lowest BCUT2D eigenvalue weighted by molar-refractivity contribution is 0.590. The fraction of sp³-hybridized carbons (Fsp3) is 0.0769. The minimum atomic E-state index is -3.94. The van der Waals surface area contributed by atoms with Crippen LogP contribution in [0.5, 0.6) is 0 Å². The summed E-state index contributed by atoms with van der Waals surface area (Å²) < 4.78 is 42.0. The minimum Gasteiger partial charge on any atom is -0.268 e. The third-order valence-corrected chi connectivity index (χ3v) is 4.52. The number of anilines is 1. The van der Waals surface area contributed by atoms with Crippen LogP contribution in [0.2, 0.25) is 0 Å². The molecule has 1 aromatic carbocycles. The normalized spacial score (nSPS) is 11.7. The number of aromatic nitrogens is 3. The second kappa shape index (κ2) is 4.81. The second-order valence-corrected chi connectivity index (χ2v) is 6.07. The number of hydrogen-bond acceptors (Lipinski definition) is 4. The van der Waals surface area contributed by atoms with Crippen LogP contribution < -0.4 is 4.72 Å². The molecule has 0 aliphatic heterocycles. The molecule has 0 saturated carbocycles. The average molecular weight is 306 g/mol. The van der Waals surface area contributed by atoms with Gasteiger partial charge in [-0.25, -0.2) is 17.5 Å². The number of halogens is 1. The number of fused-ring (bicyclic) bond motifs is 1. The highest BCUT2D eigenvalue weighted by molar-refractivity contribution is 7.92. The maximum absolute atomic E-state index is 13.5. The van der Waals surface area contributed by atoms with Gasteiger partial charge in [0, 0.05) is 11.8 Å². The van der Waals surface area contributed by atoms with Crippen LogP contribution in [0.25, 0.3) is 5.65 Å². The summed E-state index contributed by atoms with van der Waals surface area (Å²) >= 11 is 0. The fourth-order valence-corrected chi connectivity index (χ4v) is 3.21. The van der Waals surface area contributed by atoms with Gasteiger partial charge in [0.2, 0.25) is 5.95 Å². The van der Waals surface area contributed by atoms with Crippen LogP contribution in [-0.2, 0) is 10.0 Å². The van der Waals surface area contributed by atoms with Crippen molar-refractivity contribution in [1.29, 1.82) is 0 Å². The lowest BCUT2D eigenvalue weighted by Gasteiger charge is -2.09. The Morgan fingerprint density at radius 3 is 2.76 bits per heavy atom. The van der Waals surface area contributed by atoms with Gasteiger partial charge in [-0.15, -0.1) is 10.2 Å². The first-order chi connectivity index (χ1) is 9.99. The summed E-state index contributed by atoms with van der Waals surface area (Å²) in [5.41, 5.74) is 0.560. The van der Waals surface area contributed by atoms with Crippen LogP contribution in [0.4, 0.5) is 10.3 Å². The molecule has 0 amide bonds. The third kappa shape index (κ3) is 2.33. The highest BCUT2D eigenvalue weighted by Crippen LogP contribution is 2.20. The molecule has 8 heteroatoms. The molecule has 3 aromatic rings. The molecule has 0 fully saturated rings. The smallest absolute Gasteiger partial charge is 0.264 e. The van der Waals surface area contributed by atoms with Crippen LogP contribution >= 0.6 is 0 Å². The summed E-state index contributed by atoms with van der Waals surface area (Å²) in [6, 6.07) is 9.07. The van der Waals surface area contributed by atoms with Crippen LogP contribution in [0, 0.1) is 12.7 Å². The molecular formula is C13H11FN4O2S. The summed E-state index contributed by atoms with van der Waals surface area (Å²) in [6.45, 7) is 1.41. The number of pyridine rings is 1. The molecule has 0 unspecified atom stereocenters. The average Bonchev–Trinajstić information content (AvgIpc) is 2.84. The molecule has 0 radical (unpaired) electrons. The lowest BCUT2D eigenvalue weighted by Crippen LogP contribution is -2.16. The maximum Gasteiger partial charge on any atom is 0.264 e. The zero-order chi connectivity index (χ0) is 15.0. The molecule has 0 spiro atoms. The number of benzene rings is 1. The zero-order valence-electron chi connectivity index (χ0n) is 11.0. The SMILES string of the molecule is Cc1c(F)cccc1S(=O)(=O)Nc1nnc2ccccn12. The van der Waals surface area contributed by atoms with E-state index in [4.69, 9.17) is 0 Å². The Kier molecular flexibility index (Phi) is 3.09. The van der Waals surface area contributed by atoms with Gasteiger partial charge in [-0.1, -0.05) is 12.1 Å². The predicted octanol–water partition coefficient (Wildman–Crippen LogP) is 1.98. The molecule has 0 saturated heterocycles. The number of nitrogens with zero attached hydrogens (tertiary/aromatic N) is 3. The van der Waals surface area contributed by atoms with Crippen molar-refractivity contribution in [3.63, 3.8) is 0 Å². The molecule has 0 aliphatic carbocycles.